The molecule has 0 aromatic carbocycles. The van der Waals surface area contributed by atoms with Gasteiger partial charge in [0, 0.05) is 69.0 Å². The van der Waals surface area contributed by atoms with Crippen LogP contribution in [0.1, 0.15) is 215 Å². The normalized spacial score (nSPS) is 30.4. The maximum Gasteiger partial charge on any atom is 0.248 e. The van der Waals surface area contributed by atoms with E-state index in [-0.39, 0.29) is 74.5 Å². The molecule has 0 bridgehead atoms. The van der Waals surface area contributed by atoms with E-state index in [2.05, 4.69) is 16.0 Å². The smallest absolute Gasteiger partial charge is 0.248 e. The summed E-state index contributed by atoms with van der Waals surface area (Å²) >= 11 is 13.7. The average Bonchev–Trinajstić information content (AvgIpc) is 1.52. The Balaban J connectivity index is 1.28. The van der Waals surface area contributed by atoms with Gasteiger partial charge in [-0.15, -0.1) is 23.2 Å². The average molecular weight is 1470 g/mol. The van der Waals surface area contributed by atoms with Gasteiger partial charge in [-0.05, 0) is 140 Å². The van der Waals surface area contributed by atoms with Crippen LogP contribution in [0.3, 0.4) is 0 Å². The number of halogens is 2. The highest BCUT2D eigenvalue weighted by molar-refractivity contribution is 6.30. The third kappa shape index (κ3) is 21.5. The van der Waals surface area contributed by atoms with Crippen molar-refractivity contribution in [2.75, 3.05) is 88.6 Å². The molecule has 4 saturated carbocycles. The van der Waals surface area contributed by atoms with Crippen molar-refractivity contribution in [1.29, 1.82) is 0 Å². The molecule has 3 saturated heterocycles. The molecule has 7 aliphatic rings. The zero-order chi connectivity index (χ0) is 75.0. The number of hydrogen-bond donors (Lipinski definition) is 3. The number of rotatable bonds is 13. The summed E-state index contributed by atoms with van der Waals surface area (Å²) in [5.74, 6) is -7.71. The number of ether oxygens (including phenoxy) is 1. The number of fused-ring (bicyclic) bond motifs is 1. The molecule has 12 amide bonds. The molecule has 3 aliphatic heterocycles. The van der Waals surface area contributed by atoms with Crippen LogP contribution in [-0.2, 0) is 62.3 Å². The monoisotopic (exact) mass is 1470 g/mol. The lowest BCUT2D eigenvalue weighted by molar-refractivity contribution is -0.157. The van der Waals surface area contributed by atoms with E-state index in [1.807, 2.05) is 34.6 Å². The minimum absolute atomic E-state index is 0.0696. The number of nitrogens with zero attached hydrogens (tertiary/aromatic N) is 9. The zero-order valence-corrected chi connectivity index (χ0v) is 65.2. The number of carbonyl (C=O) groups is 12. The molecule has 7 fully saturated rings. The van der Waals surface area contributed by atoms with E-state index in [0.717, 1.165) is 70.6 Å². The molecule has 7 rings (SSSR count). The van der Waals surface area contributed by atoms with Crippen molar-refractivity contribution >= 4 is 94.1 Å². The van der Waals surface area contributed by atoms with Crippen LogP contribution in [0.25, 0.3) is 0 Å². The minimum atomic E-state index is -1.49. The summed E-state index contributed by atoms with van der Waals surface area (Å²) in [5, 5.41) is 8.21. The number of alkyl halides is 2. The first-order chi connectivity index (χ1) is 48.3. The molecule has 1 spiro atoms. The number of piperidine rings is 1. The first-order valence-electron chi connectivity index (χ1n) is 38.5. The molecule has 3 N–H and O–H groups in total. The third-order valence-corrected chi connectivity index (χ3v) is 24.6. The maximum absolute atomic E-state index is 15.9. The summed E-state index contributed by atoms with van der Waals surface area (Å²) in [6.45, 7) is 10.8. The SMILES string of the molecule is CC[C@H](C)[C@@H]1NC(=O)[C@H](CC(C)C)N(C)C(=O)C[C@@H](C(=O)N2CCCCC2)N(C)C(=O)[C@H](C2CCCCC2)N(C)C(=O)C2(CCCC2)NC(=O)[C@@H]2CCCN2C(=O)[C@H](CCC2CC(Cl)C(Cl)C(OC(C)C)C2)NC(=O)CN(C)C(=O)[C@H](CC2CCCCC2)N(C)C(=O)CN(C)C(=O)CN(C)C1=O. The van der Waals surface area contributed by atoms with Gasteiger partial charge in [-0.3, -0.25) is 57.5 Å². The van der Waals surface area contributed by atoms with Crippen molar-refractivity contribution in [2.24, 2.45) is 29.6 Å². The summed E-state index contributed by atoms with van der Waals surface area (Å²) in [6.07, 6.45) is 14.4. The zero-order valence-electron chi connectivity index (χ0n) is 63.7. The Morgan fingerprint density at radius 3 is 1.78 bits per heavy atom. The second kappa shape index (κ2) is 38.4. The standard InChI is InChI=1S/C75H124Cl2N12O13/c1-14-49(6)65-72(99)83(9)45-62(92)81(7)46-63(93)85(11)57(41-50-27-18-15-19-28-50)70(97)82(8)44-60(90)78-54(33-32-51-40-53(76)64(77)59(42-51)102-48(4)5)69(96)89-38-26-31-55(89)68(95)80-75(34-22-23-35-75)74(101)87(13)66(52-29-20-16-21-30-52)73(100)86(12)58(71(98)88-36-24-17-25-37-88)43-61(91)84(10)56(39-47(2)3)67(94)79-65/h47-59,64-66H,14-46H2,1-13H3,(H,78,90)(H,79,94)(H,80,95)/t49-,51?,53?,54-,55-,56-,57-,58-,59?,64?,65-,66-/m0/s1. The molecule has 0 radical (unpaired) electrons. The molecular formula is C75H124Cl2N12O13. The van der Waals surface area contributed by atoms with Crippen LogP contribution in [0.5, 0.6) is 0 Å². The van der Waals surface area contributed by atoms with Gasteiger partial charge >= 0.3 is 0 Å². The van der Waals surface area contributed by atoms with Crippen molar-refractivity contribution in [2.45, 2.75) is 286 Å². The molecule has 12 atom stereocenters. The molecule has 4 unspecified atom stereocenters. The van der Waals surface area contributed by atoms with E-state index >= 15 is 28.8 Å². The fraction of sp³-hybridized carbons (Fsp3) is 0.840. The second-order valence-corrected chi connectivity index (χ2v) is 33.0. The summed E-state index contributed by atoms with van der Waals surface area (Å²) in [6, 6.07) is -8.11. The van der Waals surface area contributed by atoms with Crippen LogP contribution >= 0.6 is 23.2 Å². The van der Waals surface area contributed by atoms with Crippen molar-refractivity contribution < 1.29 is 62.3 Å². The quantitative estimate of drug-likeness (QED) is 0.171. The van der Waals surface area contributed by atoms with E-state index in [9.17, 15) is 28.8 Å². The molecule has 27 heteroatoms. The van der Waals surface area contributed by atoms with Crippen LogP contribution < -0.4 is 16.0 Å². The molecule has 3 heterocycles. The minimum Gasteiger partial charge on any atom is -0.374 e. The van der Waals surface area contributed by atoms with E-state index in [0.29, 0.717) is 77.3 Å². The van der Waals surface area contributed by atoms with Gasteiger partial charge in [0.05, 0.1) is 49.0 Å². The van der Waals surface area contributed by atoms with Crippen LogP contribution in [0, 0.1) is 29.6 Å². The molecular weight excluding hydrogens is 1350 g/mol. The second-order valence-electron chi connectivity index (χ2n) is 31.9. The Bertz CT molecular complexity index is 2920. The molecule has 102 heavy (non-hydrogen) atoms. The number of likely N-dealkylation sites (N-methyl/N-ethyl adjacent to an activating group) is 7. The van der Waals surface area contributed by atoms with Gasteiger partial charge in [0.1, 0.15) is 47.8 Å². The lowest BCUT2D eigenvalue weighted by Crippen LogP contribution is -2.65. The highest BCUT2D eigenvalue weighted by Crippen LogP contribution is 2.39. The summed E-state index contributed by atoms with van der Waals surface area (Å²) < 4.78 is 6.23. The predicted octanol–water partition coefficient (Wildman–Crippen LogP) is 6.32. The molecule has 576 valence electrons. The van der Waals surface area contributed by atoms with Gasteiger partial charge in [-0.2, -0.15) is 0 Å². The lowest BCUT2D eigenvalue weighted by atomic mass is 9.81. The largest absolute Gasteiger partial charge is 0.374 e. The Kier molecular flexibility index (Phi) is 31.5. The fourth-order valence-electron chi connectivity index (χ4n) is 16.9. The van der Waals surface area contributed by atoms with Gasteiger partial charge in [0.2, 0.25) is 70.9 Å². The third-order valence-electron chi connectivity index (χ3n) is 23.4. The highest BCUT2D eigenvalue weighted by Gasteiger charge is 2.52. The van der Waals surface area contributed by atoms with Gasteiger partial charge in [-0.25, -0.2) is 0 Å². The molecule has 0 aromatic heterocycles. The lowest BCUT2D eigenvalue weighted by Gasteiger charge is -2.43. The predicted molar refractivity (Wildman–Crippen MR) is 390 cm³/mol. The van der Waals surface area contributed by atoms with Crippen molar-refractivity contribution in [3.05, 3.63) is 0 Å². The van der Waals surface area contributed by atoms with Crippen LogP contribution in [0.4, 0.5) is 0 Å². The Labute approximate surface area is 617 Å². The molecule has 0 aromatic rings. The Morgan fingerprint density at radius 1 is 0.569 bits per heavy atom. The summed E-state index contributed by atoms with van der Waals surface area (Å²) in [4.78, 5) is 193. The summed E-state index contributed by atoms with van der Waals surface area (Å²) in [7, 11) is 10.4. The fourth-order valence-corrected chi connectivity index (χ4v) is 17.6. The van der Waals surface area contributed by atoms with Crippen LogP contribution in [0.2, 0.25) is 0 Å². The number of carbonyl (C=O) groups excluding carboxylic acids is 12. The van der Waals surface area contributed by atoms with E-state index in [1.165, 1.54) is 81.5 Å². The summed E-state index contributed by atoms with van der Waals surface area (Å²) in [5.41, 5.74) is -1.49. The van der Waals surface area contributed by atoms with Gasteiger partial charge in [-0.1, -0.05) is 98.3 Å². The van der Waals surface area contributed by atoms with E-state index in [4.69, 9.17) is 27.9 Å². The van der Waals surface area contributed by atoms with Gasteiger partial charge < -0.3 is 64.8 Å². The van der Waals surface area contributed by atoms with Gasteiger partial charge in [0.15, 0.2) is 0 Å². The number of likely N-dealkylation sites (tertiary alicyclic amines) is 1. The topological polar surface area (TPSA) is 279 Å². The highest BCUT2D eigenvalue weighted by atomic mass is 35.5. The Morgan fingerprint density at radius 2 is 1.17 bits per heavy atom. The Hall–Kier alpha value is -5.82. The molecule has 4 aliphatic carbocycles. The van der Waals surface area contributed by atoms with Crippen LogP contribution in [0.15, 0.2) is 0 Å². The number of nitrogens with one attached hydrogen (secondary N) is 3. The van der Waals surface area contributed by atoms with E-state index in [1.54, 1.807) is 18.9 Å². The number of amides is 12. The van der Waals surface area contributed by atoms with Crippen molar-refractivity contribution in [3.63, 3.8) is 0 Å². The first-order valence-corrected chi connectivity index (χ1v) is 39.4. The molecule has 25 nitrogen and oxygen atoms in total. The number of hydrogen-bond acceptors (Lipinski definition) is 13. The van der Waals surface area contributed by atoms with E-state index < -0.39 is 161 Å². The van der Waals surface area contributed by atoms with Gasteiger partial charge in [0.25, 0.3) is 0 Å². The van der Waals surface area contributed by atoms with Crippen molar-refractivity contribution in [3.8, 4) is 0 Å². The van der Waals surface area contributed by atoms with Crippen molar-refractivity contribution in [1.82, 2.24) is 60.0 Å². The first kappa shape index (κ1) is 83.5. The van der Waals surface area contributed by atoms with Crippen LogP contribution in [-0.4, -0.2) is 274 Å². The maximum atomic E-state index is 15.9.